The maximum absolute atomic E-state index is 12.5. The lowest BCUT2D eigenvalue weighted by Gasteiger charge is -2.10. The Hall–Kier alpha value is -3.89. The summed E-state index contributed by atoms with van der Waals surface area (Å²) in [4.78, 5) is 25.1. The zero-order chi connectivity index (χ0) is 20.3. The second-order valence-corrected chi connectivity index (χ2v) is 6.03. The number of nitriles is 1. The molecule has 0 fully saturated rings. The Morgan fingerprint density at radius 3 is 2.46 bits per heavy atom. The smallest absolute Gasteiger partial charge is 0.335 e. The van der Waals surface area contributed by atoms with Crippen LogP contribution >= 0.6 is 0 Å². The summed E-state index contributed by atoms with van der Waals surface area (Å²) in [7, 11) is 1.77. The minimum Gasteiger partial charge on any atom is -0.478 e. The molecule has 28 heavy (non-hydrogen) atoms. The SMILES string of the molecule is CN1C(=CC=C(C#N)C(=O)c2ccc(C(=O)O)cc2)Oc2ccc(CO)cc21. The third-order valence-electron chi connectivity index (χ3n) is 4.26. The first-order valence-electron chi connectivity index (χ1n) is 8.30. The molecule has 1 aliphatic heterocycles. The Labute approximate surface area is 161 Å². The molecule has 0 atom stereocenters. The molecule has 140 valence electrons. The first kappa shape index (κ1) is 18.9. The van der Waals surface area contributed by atoms with Crippen molar-refractivity contribution < 1.29 is 24.5 Å². The molecular formula is C21H16N2O5. The van der Waals surface area contributed by atoms with Crippen molar-refractivity contribution in [3.05, 3.63) is 82.8 Å². The number of carbonyl (C=O) groups is 2. The minimum atomic E-state index is -1.09. The Balaban J connectivity index is 1.84. The molecule has 7 nitrogen and oxygen atoms in total. The molecule has 0 saturated heterocycles. The van der Waals surface area contributed by atoms with Crippen molar-refractivity contribution in [1.82, 2.24) is 0 Å². The Bertz CT molecular complexity index is 1050. The van der Waals surface area contributed by atoms with Crippen LogP contribution in [0.1, 0.15) is 26.3 Å². The van der Waals surface area contributed by atoms with Gasteiger partial charge in [0, 0.05) is 18.7 Å². The maximum atomic E-state index is 12.5. The van der Waals surface area contributed by atoms with Crippen LogP contribution in [0.2, 0.25) is 0 Å². The largest absolute Gasteiger partial charge is 0.478 e. The number of carboxylic acid groups (broad SMARTS) is 1. The molecule has 0 radical (unpaired) electrons. The summed E-state index contributed by atoms with van der Waals surface area (Å²) in [5.74, 6) is -0.581. The van der Waals surface area contributed by atoms with Crippen molar-refractivity contribution in [1.29, 1.82) is 5.26 Å². The van der Waals surface area contributed by atoms with E-state index >= 15 is 0 Å². The van der Waals surface area contributed by atoms with Crippen LogP contribution in [-0.4, -0.2) is 29.0 Å². The van der Waals surface area contributed by atoms with Gasteiger partial charge in [0.25, 0.3) is 0 Å². The van der Waals surface area contributed by atoms with Crippen molar-refractivity contribution in [2.45, 2.75) is 6.61 Å². The molecule has 0 amide bonds. The number of carboxylic acids is 1. The first-order valence-corrected chi connectivity index (χ1v) is 8.30. The third kappa shape index (κ3) is 3.63. The van der Waals surface area contributed by atoms with Gasteiger partial charge < -0.3 is 19.8 Å². The lowest BCUT2D eigenvalue weighted by atomic mass is 10.0. The summed E-state index contributed by atoms with van der Waals surface area (Å²) >= 11 is 0. The number of rotatable bonds is 5. The third-order valence-corrected chi connectivity index (χ3v) is 4.26. The number of aliphatic hydroxyl groups is 1. The number of aliphatic hydroxyl groups excluding tert-OH is 1. The molecular weight excluding hydrogens is 360 g/mol. The van der Waals surface area contributed by atoms with Crippen LogP contribution in [-0.2, 0) is 6.61 Å². The molecule has 0 aliphatic carbocycles. The number of Topliss-reactive ketones (excluding diaryl/α,β-unsaturated/α-hetero) is 1. The number of allylic oxidation sites excluding steroid dienone is 3. The van der Waals surface area contributed by atoms with Crippen molar-refractivity contribution in [2.75, 3.05) is 11.9 Å². The quantitative estimate of drug-likeness (QED) is 0.469. The Morgan fingerprint density at radius 2 is 1.86 bits per heavy atom. The van der Waals surface area contributed by atoms with Gasteiger partial charge in [0.1, 0.15) is 11.6 Å². The molecule has 3 rings (SSSR count). The number of benzene rings is 2. The molecule has 7 heteroatoms. The van der Waals surface area contributed by atoms with Crippen molar-refractivity contribution in [2.24, 2.45) is 0 Å². The van der Waals surface area contributed by atoms with Crippen LogP contribution in [0.15, 0.2) is 66.1 Å². The number of nitrogens with zero attached hydrogens (tertiary/aromatic N) is 2. The molecule has 1 aliphatic rings. The van der Waals surface area contributed by atoms with Gasteiger partial charge in [-0.05, 0) is 35.9 Å². The summed E-state index contributed by atoms with van der Waals surface area (Å²) in [6.45, 7) is -0.0895. The molecule has 0 aromatic heterocycles. The number of ketones is 1. The van der Waals surface area contributed by atoms with Gasteiger partial charge in [-0.15, -0.1) is 0 Å². The van der Waals surface area contributed by atoms with Crippen LogP contribution in [0, 0.1) is 11.3 Å². The van der Waals surface area contributed by atoms with E-state index in [0.29, 0.717) is 11.6 Å². The summed E-state index contributed by atoms with van der Waals surface area (Å²) in [5, 5.41) is 27.5. The fraction of sp³-hybridized carbons (Fsp3) is 0.0952. The van der Waals surface area contributed by atoms with Gasteiger partial charge in [-0.25, -0.2) is 4.79 Å². The number of ether oxygens (including phenoxy) is 1. The average molecular weight is 376 g/mol. The predicted octanol–water partition coefficient (Wildman–Crippen LogP) is 2.88. The zero-order valence-corrected chi connectivity index (χ0v) is 14.9. The van der Waals surface area contributed by atoms with Crippen LogP contribution in [0.4, 0.5) is 5.69 Å². The fourth-order valence-electron chi connectivity index (χ4n) is 2.69. The number of aromatic carboxylic acids is 1. The number of hydrogen-bond donors (Lipinski definition) is 2. The molecule has 2 aromatic carbocycles. The zero-order valence-electron chi connectivity index (χ0n) is 14.9. The topological polar surface area (TPSA) is 111 Å². The monoisotopic (exact) mass is 376 g/mol. The fourth-order valence-corrected chi connectivity index (χ4v) is 2.69. The maximum Gasteiger partial charge on any atom is 0.335 e. The van der Waals surface area contributed by atoms with Crippen molar-refractivity contribution in [3.63, 3.8) is 0 Å². The molecule has 0 bridgehead atoms. The van der Waals surface area contributed by atoms with E-state index < -0.39 is 11.8 Å². The van der Waals surface area contributed by atoms with Gasteiger partial charge in [-0.1, -0.05) is 18.2 Å². The van der Waals surface area contributed by atoms with E-state index in [9.17, 15) is 20.0 Å². The van der Waals surface area contributed by atoms with Gasteiger partial charge >= 0.3 is 5.97 Å². The van der Waals surface area contributed by atoms with E-state index in [1.54, 1.807) is 30.1 Å². The number of fused-ring (bicyclic) bond motifs is 1. The summed E-state index contributed by atoms with van der Waals surface area (Å²) < 4.78 is 5.72. The second-order valence-electron chi connectivity index (χ2n) is 6.03. The van der Waals surface area contributed by atoms with E-state index in [4.69, 9.17) is 9.84 Å². The van der Waals surface area contributed by atoms with E-state index in [-0.39, 0.29) is 23.3 Å². The van der Waals surface area contributed by atoms with Gasteiger partial charge in [0.15, 0.2) is 11.6 Å². The molecule has 1 heterocycles. The number of carbonyl (C=O) groups excluding carboxylic acids is 1. The highest BCUT2D eigenvalue weighted by Gasteiger charge is 2.23. The minimum absolute atomic E-state index is 0.0575. The van der Waals surface area contributed by atoms with Crippen LogP contribution < -0.4 is 9.64 Å². The van der Waals surface area contributed by atoms with E-state index in [2.05, 4.69) is 0 Å². The Morgan fingerprint density at radius 1 is 1.18 bits per heavy atom. The first-order chi connectivity index (χ1) is 13.4. The van der Waals surface area contributed by atoms with Gasteiger partial charge in [0.2, 0.25) is 5.78 Å². The summed E-state index contributed by atoms with van der Waals surface area (Å²) in [6, 6.07) is 12.5. The number of anilines is 1. The predicted molar refractivity (Wildman–Crippen MR) is 101 cm³/mol. The normalized spacial score (nSPS) is 14.4. The molecule has 2 N–H and O–H groups in total. The number of hydrogen-bond acceptors (Lipinski definition) is 6. The van der Waals surface area contributed by atoms with E-state index in [1.165, 1.54) is 36.4 Å². The van der Waals surface area contributed by atoms with Gasteiger partial charge in [-0.3, -0.25) is 4.79 Å². The Kier molecular flexibility index (Phi) is 5.25. The average Bonchev–Trinajstić information content (AvgIpc) is 3.03. The molecule has 2 aromatic rings. The highest BCUT2D eigenvalue weighted by molar-refractivity contribution is 6.11. The standard InChI is InChI=1S/C21H16N2O5/c1-23-17-10-13(12-24)2-8-18(17)28-19(23)9-7-16(11-22)20(25)14-3-5-15(6-4-14)21(26)27/h2-10,24H,12H2,1H3,(H,26,27). The van der Waals surface area contributed by atoms with Crippen LogP contribution in [0.3, 0.4) is 0 Å². The van der Waals surface area contributed by atoms with Gasteiger partial charge in [0.05, 0.1) is 17.9 Å². The lowest BCUT2D eigenvalue weighted by molar-refractivity contribution is 0.0696. The summed E-state index contributed by atoms with van der Waals surface area (Å²) in [5.41, 5.74) is 1.67. The molecule has 0 spiro atoms. The summed E-state index contributed by atoms with van der Waals surface area (Å²) in [6.07, 6.45) is 2.87. The van der Waals surface area contributed by atoms with E-state index in [1.807, 2.05) is 6.07 Å². The molecule has 0 saturated carbocycles. The van der Waals surface area contributed by atoms with Crippen molar-refractivity contribution >= 4 is 17.4 Å². The van der Waals surface area contributed by atoms with Crippen molar-refractivity contribution in [3.8, 4) is 11.8 Å². The second kappa shape index (κ2) is 7.78. The molecule has 0 unspecified atom stereocenters. The highest BCUT2D eigenvalue weighted by Crippen LogP contribution is 2.38. The van der Waals surface area contributed by atoms with Crippen LogP contribution in [0.25, 0.3) is 0 Å². The lowest BCUT2D eigenvalue weighted by Crippen LogP contribution is -2.13. The van der Waals surface area contributed by atoms with Gasteiger partial charge in [-0.2, -0.15) is 5.26 Å². The highest BCUT2D eigenvalue weighted by atomic mass is 16.5. The van der Waals surface area contributed by atoms with Crippen LogP contribution in [0.5, 0.6) is 5.75 Å². The van der Waals surface area contributed by atoms with E-state index in [0.717, 1.165) is 11.3 Å².